The first-order valence-corrected chi connectivity index (χ1v) is 10.4. The standard InChI is InChI=1S/C19H23FN2O3S/c1-26(24,25)17-6-7-19(18(20)10-17)21-11-16(23)13-22-9-8-14-4-2-3-5-15(14)12-22/h2-7,10,16,21,23H,8-9,11-13H2,1H3. The van der Waals surface area contributed by atoms with Gasteiger partial charge in [-0.2, -0.15) is 0 Å². The number of sulfone groups is 1. The van der Waals surface area contributed by atoms with Gasteiger partial charge in [0, 0.05) is 32.4 Å². The molecule has 0 aliphatic carbocycles. The summed E-state index contributed by atoms with van der Waals surface area (Å²) in [6.45, 7) is 2.35. The van der Waals surface area contributed by atoms with Gasteiger partial charge in [-0.15, -0.1) is 0 Å². The van der Waals surface area contributed by atoms with Crippen molar-refractivity contribution in [3.05, 3.63) is 59.4 Å². The van der Waals surface area contributed by atoms with E-state index in [-0.39, 0.29) is 17.1 Å². The van der Waals surface area contributed by atoms with E-state index in [4.69, 9.17) is 0 Å². The van der Waals surface area contributed by atoms with E-state index in [1.165, 1.54) is 23.3 Å². The molecule has 0 spiro atoms. The number of benzene rings is 2. The molecule has 1 aliphatic heterocycles. The number of hydrogen-bond acceptors (Lipinski definition) is 5. The predicted molar refractivity (Wildman–Crippen MR) is 99.4 cm³/mol. The Labute approximate surface area is 153 Å². The minimum absolute atomic E-state index is 0.0620. The molecule has 1 aliphatic rings. The highest BCUT2D eigenvalue weighted by molar-refractivity contribution is 7.90. The smallest absolute Gasteiger partial charge is 0.175 e. The maximum atomic E-state index is 14.0. The molecule has 2 aromatic rings. The number of hydrogen-bond donors (Lipinski definition) is 2. The number of β-amino-alcohol motifs (C(OH)–C–C–N with tert-alkyl or cyclic N) is 1. The summed E-state index contributed by atoms with van der Waals surface area (Å²) < 4.78 is 36.9. The zero-order valence-corrected chi connectivity index (χ0v) is 15.5. The number of rotatable bonds is 6. The van der Waals surface area contributed by atoms with Crippen LogP contribution < -0.4 is 5.32 Å². The Bertz CT molecular complexity index is 886. The maximum absolute atomic E-state index is 14.0. The summed E-state index contributed by atoms with van der Waals surface area (Å²) in [4.78, 5) is 2.12. The SMILES string of the molecule is CS(=O)(=O)c1ccc(NCC(O)CN2CCc3ccccc3C2)c(F)c1. The van der Waals surface area contributed by atoms with Crippen molar-refractivity contribution in [3.8, 4) is 0 Å². The predicted octanol–water partition coefficient (Wildman–Crippen LogP) is 2.06. The van der Waals surface area contributed by atoms with Gasteiger partial charge in [-0.05, 0) is 35.7 Å². The Kier molecular flexibility index (Phi) is 5.60. The molecule has 2 aromatic carbocycles. The molecule has 0 fully saturated rings. The fraction of sp³-hybridized carbons (Fsp3) is 0.368. The second-order valence-electron chi connectivity index (χ2n) is 6.70. The molecule has 0 saturated carbocycles. The summed E-state index contributed by atoms with van der Waals surface area (Å²) >= 11 is 0. The molecule has 26 heavy (non-hydrogen) atoms. The lowest BCUT2D eigenvalue weighted by atomic mass is 10.00. The van der Waals surface area contributed by atoms with Crippen LogP contribution in [-0.4, -0.2) is 50.4 Å². The van der Waals surface area contributed by atoms with Crippen LogP contribution in [0.3, 0.4) is 0 Å². The molecule has 0 radical (unpaired) electrons. The van der Waals surface area contributed by atoms with E-state index in [0.717, 1.165) is 31.8 Å². The summed E-state index contributed by atoms with van der Waals surface area (Å²) in [5.41, 5.74) is 2.81. The van der Waals surface area contributed by atoms with Gasteiger partial charge in [0.1, 0.15) is 5.82 Å². The van der Waals surface area contributed by atoms with E-state index in [1.54, 1.807) is 0 Å². The van der Waals surface area contributed by atoms with Gasteiger partial charge in [-0.3, -0.25) is 4.90 Å². The molecule has 5 nitrogen and oxygen atoms in total. The molecular weight excluding hydrogens is 355 g/mol. The van der Waals surface area contributed by atoms with Crippen LogP contribution in [0.5, 0.6) is 0 Å². The summed E-state index contributed by atoms with van der Waals surface area (Å²) in [5, 5.41) is 13.1. The van der Waals surface area contributed by atoms with Crippen molar-refractivity contribution in [1.29, 1.82) is 0 Å². The van der Waals surface area contributed by atoms with Crippen LogP contribution in [0.1, 0.15) is 11.1 Å². The minimum atomic E-state index is -3.44. The van der Waals surface area contributed by atoms with Crippen molar-refractivity contribution in [2.45, 2.75) is 24.0 Å². The van der Waals surface area contributed by atoms with Gasteiger partial charge in [-0.1, -0.05) is 24.3 Å². The van der Waals surface area contributed by atoms with Crippen LogP contribution in [-0.2, 0) is 22.8 Å². The van der Waals surface area contributed by atoms with Crippen LogP contribution in [0.15, 0.2) is 47.4 Å². The lowest BCUT2D eigenvalue weighted by Crippen LogP contribution is -2.39. The molecule has 7 heteroatoms. The molecule has 0 amide bonds. The molecule has 1 atom stereocenters. The molecule has 0 bridgehead atoms. The lowest BCUT2D eigenvalue weighted by Gasteiger charge is -2.30. The van der Waals surface area contributed by atoms with Crippen LogP contribution in [0.25, 0.3) is 0 Å². The van der Waals surface area contributed by atoms with Crippen molar-refractivity contribution in [2.24, 2.45) is 0 Å². The molecule has 2 N–H and O–H groups in total. The van der Waals surface area contributed by atoms with Crippen LogP contribution in [0, 0.1) is 5.82 Å². The average molecular weight is 378 g/mol. The zero-order chi connectivity index (χ0) is 18.7. The van der Waals surface area contributed by atoms with E-state index >= 15 is 0 Å². The van der Waals surface area contributed by atoms with Gasteiger partial charge in [0.15, 0.2) is 9.84 Å². The Morgan fingerprint density at radius 2 is 1.96 bits per heavy atom. The number of nitrogens with one attached hydrogen (secondary N) is 1. The molecule has 0 aromatic heterocycles. The topological polar surface area (TPSA) is 69.6 Å². The van der Waals surface area contributed by atoms with Crippen molar-refractivity contribution < 1.29 is 17.9 Å². The minimum Gasteiger partial charge on any atom is -0.390 e. The highest BCUT2D eigenvalue weighted by atomic mass is 32.2. The van der Waals surface area contributed by atoms with Crippen molar-refractivity contribution in [3.63, 3.8) is 0 Å². The molecule has 1 unspecified atom stereocenters. The van der Waals surface area contributed by atoms with Gasteiger partial charge in [0.25, 0.3) is 0 Å². The Morgan fingerprint density at radius 3 is 2.65 bits per heavy atom. The maximum Gasteiger partial charge on any atom is 0.175 e. The highest BCUT2D eigenvalue weighted by Gasteiger charge is 2.18. The summed E-state index contributed by atoms with van der Waals surface area (Å²) in [5.74, 6) is -0.646. The van der Waals surface area contributed by atoms with E-state index < -0.39 is 21.8 Å². The number of halogens is 1. The van der Waals surface area contributed by atoms with Gasteiger partial charge >= 0.3 is 0 Å². The Morgan fingerprint density at radius 1 is 1.23 bits per heavy atom. The first-order valence-electron chi connectivity index (χ1n) is 8.53. The number of aliphatic hydroxyl groups excluding tert-OH is 1. The van der Waals surface area contributed by atoms with Crippen LogP contribution in [0.4, 0.5) is 10.1 Å². The largest absolute Gasteiger partial charge is 0.390 e. The fourth-order valence-corrected chi connectivity index (χ4v) is 3.80. The van der Waals surface area contributed by atoms with Gasteiger partial charge in [0.2, 0.25) is 0 Å². The van der Waals surface area contributed by atoms with E-state index in [1.807, 2.05) is 12.1 Å². The monoisotopic (exact) mass is 378 g/mol. The number of aliphatic hydroxyl groups is 1. The van der Waals surface area contributed by atoms with Crippen molar-refractivity contribution >= 4 is 15.5 Å². The van der Waals surface area contributed by atoms with Gasteiger partial charge in [0.05, 0.1) is 16.7 Å². The van der Waals surface area contributed by atoms with E-state index in [2.05, 4.69) is 22.3 Å². The Balaban J connectivity index is 1.54. The molecule has 3 rings (SSSR count). The third kappa shape index (κ3) is 4.60. The molecular formula is C19H23FN2O3S. The van der Waals surface area contributed by atoms with Crippen LogP contribution in [0.2, 0.25) is 0 Å². The third-order valence-corrected chi connectivity index (χ3v) is 5.69. The van der Waals surface area contributed by atoms with Gasteiger partial charge in [-0.25, -0.2) is 12.8 Å². The first kappa shape index (κ1) is 18.8. The first-order chi connectivity index (χ1) is 12.3. The summed E-state index contributed by atoms with van der Waals surface area (Å²) in [6.07, 6.45) is 1.34. The quantitative estimate of drug-likeness (QED) is 0.805. The third-order valence-electron chi connectivity index (χ3n) is 4.58. The molecule has 140 valence electrons. The summed E-state index contributed by atoms with van der Waals surface area (Å²) in [7, 11) is -3.44. The highest BCUT2D eigenvalue weighted by Crippen LogP contribution is 2.20. The normalized spacial score (nSPS) is 16.1. The number of nitrogens with zero attached hydrogens (tertiary/aromatic N) is 1. The lowest BCUT2D eigenvalue weighted by molar-refractivity contribution is 0.114. The van der Waals surface area contributed by atoms with Crippen LogP contribution >= 0.6 is 0 Å². The number of fused-ring (bicyclic) bond motifs is 1. The average Bonchev–Trinajstić information content (AvgIpc) is 2.59. The Hall–Kier alpha value is -1.96. The van der Waals surface area contributed by atoms with Gasteiger partial charge < -0.3 is 10.4 Å². The number of anilines is 1. The second kappa shape index (κ2) is 7.73. The van der Waals surface area contributed by atoms with Crippen molar-refractivity contribution in [1.82, 2.24) is 4.90 Å². The molecule has 1 heterocycles. The van der Waals surface area contributed by atoms with E-state index in [9.17, 15) is 17.9 Å². The zero-order valence-electron chi connectivity index (χ0n) is 14.7. The molecule has 0 saturated heterocycles. The van der Waals surface area contributed by atoms with Crippen molar-refractivity contribution in [2.75, 3.05) is 31.2 Å². The van der Waals surface area contributed by atoms with E-state index in [0.29, 0.717) is 6.54 Å². The summed E-state index contributed by atoms with van der Waals surface area (Å²) in [6, 6.07) is 12.0. The second-order valence-corrected chi connectivity index (χ2v) is 8.72. The fourth-order valence-electron chi connectivity index (χ4n) is 3.17.